The smallest absolute Gasteiger partial charge is 0.335 e. The van der Waals surface area contributed by atoms with Crippen LogP contribution in [0, 0.1) is 0 Å². The molecule has 21 heavy (non-hydrogen) atoms. The van der Waals surface area contributed by atoms with Crippen LogP contribution in [0.4, 0.5) is 5.69 Å². The van der Waals surface area contributed by atoms with E-state index in [-0.39, 0.29) is 11.3 Å². The van der Waals surface area contributed by atoms with Gasteiger partial charge in [-0.15, -0.1) is 0 Å². The van der Waals surface area contributed by atoms with E-state index in [0.29, 0.717) is 18.0 Å². The molecule has 0 saturated carbocycles. The highest BCUT2D eigenvalue weighted by Crippen LogP contribution is 2.27. The zero-order chi connectivity index (χ0) is 15.2. The van der Waals surface area contributed by atoms with Gasteiger partial charge in [-0.05, 0) is 36.8 Å². The number of anilines is 1. The molecule has 2 rings (SSSR count). The van der Waals surface area contributed by atoms with Gasteiger partial charge >= 0.3 is 5.97 Å². The van der Waals surface area contributed by atoms with Crippen molar-refractivity contribution < 1.29 is 23.8 Å². The van der Waals surface area contributed by atoms with E-state index in [1.165, 1.54) is 30.5 Å². The molecule has 0 bridgehead atoms. The second-order valence-corrected chi connectivity index (χ2v) is 4.30. The molecule has 2 aromatic rings. The van der Waals surface area contributed by atoms with Crippen LogP contribution in [0.3, 0.4) is 0 Å². The molecule has 6 nitrogen and oxygen atoms in total. The van der Waals surface area contributed by atoms with Crippen LogP contribution in [0.1, 0.15) is 34.3 Å². The third-order valence-corrected chi connectivity index (χ3v) is 2.68. The Morgan fingerprint density at radius 1 is 1.33 bits per heavy atom. The lowest BCUT2D eigenvalue weighted by atomic mass is 10.2. The van der Waals surface area contributed by atoms with E-state index < -0.39 is 11.9 Å². The van der Waals surface area contributed by atoms with Crippen molar-refractivity contribution in [3.63, 3.8) is 0 Å². The first-order chi connectivity index (χ1) is 10.1. The van der Waals surface area contributed by atoms with Gasteiger partial charge in [0, 0.05) is 0 Å². The maximum atomic E-state index is 12.0. The van der Waals surface area contributed by atoms with E-state index in [1.807, 2.05) is 6.92 Å². The van der Waals surface area contributed by atoms with Gasteiger partial charge in [0.25, 0.3) is 5.91 Å². The summed E-state index contributed by atoms with van der Waals surface area (Å²) in [6, 6.07) is 7.42. The topological polar surface area (TPSA) is 88.8 Å². The predicted molar refractivity (Wildman–Crippen MR) is 75.8 cm³/mol. The fraction of sp³-hybridized carbons (Fsp3) is 0.200. The number of aromatic carboxylic acids is 1. The number of carboxylic acid groups (broad SMARTS) is 1. The average molecular weight is 289 g/mol. The Kier molecular flexibility index (Phi) is 4.61. The number of ether oxygens (including phenoxy) is 1. The third kappa shape index (κ3) is 3.62. The van der Waals surface area contributed by atoms with Crippen LogP contribution >= 0.6 is 0 Å². The molecule has 110 valence electrons. The van der Waals surface area contributed by atoms with Gasteiger partial charge < -0.3 is 19.6 Å². The summed E-state index contributed by atoms with van der Waals surface area (Å²) in [5, 5.41) is 11.6. The lowest BCUT2D eigenvalue weighted by Crippen LogP contribution is -2.13. The molecule has 6 heteroatoms. The van der Waals surface area contributed by atoms with Crippen molar-refractivity contribution in [2.75, 3.05) is 11.9 Å². The number of rotatable bonds is 6. The van der Waals surface area contributed by atoms with Crippen molar-refractivity contribution >= 4 is 17.6 Å². The fourth-order valence-corrected chi connectivity index (χ4v) is 1.69. The van der Waals surface area contributed by atoms with E-state index in [1.54, 1.807) is 6.07 Å². The zero-order valence-corrected chi connectivity index (χ0v) is 11.5. The molecule has 1 amide bonds. The van der Waals surface area contributed by atoms with Crippen LogP contribution in [0.25, 0.3) is 0 Å². The maximum Gasteiger partial charge on any atom is 0.335 e. The number of nitrogens with one attached hydrogen (secondary N) is 1. The number of carbonyl (C=O) groups excluding carboxylic acids is 1. The number of benzene rings is 1. The molecular formula is C15H15NO5. The lowest BCUT2D eigenvalue weighted by molar-refractivity contribution is 0.0696. The first-order valence-electron chi connectivity index (χ1n) is 6.46. The molecule has 1 aromatic heterocycles. The molecule has 1 aromatic carbocycles. The predicted octanol–water partition coefficient (Wildman–Crippen LogP) is 3.02. The number of furan rings is 1. The van der Waals surface area contributed by atoms with Gasteiger partial charge in [-0.25, -0.2) is 4.79 Å². The average Bonchev–Trinajstić information content (AvgIpc) is 3.00. The monoisotopic (exact) mass is 289 g/mol. The van der Waals surface area contributed by atoms with E-state index in [9.17, 15) is 9.59 Å². The number of carboxylic acids is 1. The van der Waals surface area contributed by atoms with E-state index in [2.05, 4.69) is 5.32 Å². The quantitative estimate of drug-likeness (QED) is 0.853. The summed E-state index contributed by atoms with van der Waals surface area (Å²) in [6.45, 7) is 2.42. The van der Waals surface area contributed by atoms with Crippen molar-refractivity contribution in [1.82, 2.24) is 0 Å². The third-order valence-electron chi connectivity index (χ3n) is 2.68. The summed E-state index contributed by atoms with van der Waals surface area (Å²) in [7, 11) is 0. The van der Waals surface area contributed by atoms with Crippen molar-refractivity contribution in [3.8, 4) is 5.75 Å². The van der Waals surface area contributed by atoms with Gasteiger partial charge in [-0.1, -0.05) is 6.92 Å². The summed E-state index contributed by atoms with van der Waals surface area (Å²) in [4.78, 5) is 23.0. The van der Waals surface area contributed by atoms with Crippen molar-refractivity contribution in [3.05, 3.63) is 47.9 Å². The Balaban J connectivity index is 2.27. The van der Waals surface area contributed by atoms with Gasteiger partial charge in [-0.2, -0.15) is 0 Å². The molecule has 0 aliphatic carbocycles. The van der Waals surface area contributed by atoms with Gasteiger partial charge in [-0.3, -0.25) is 4.79 Å². The highest BCUT2D eigenvalue weighted by Gasteiger charge is 2.14. The normalized spacial score (nSPS) is 10.1. The number of carbonyl (C=O) groups is 2. The van der Waals surface area contributed by atoms with E-state index in [4.69, 9.17) is 14.3 Å². The van der Waals surface area contributed by atoms with E-state index >= 15 is 0 Å². The molecular weight excluding hydrogens is 274 g/mol. The summed E-state index contributed by atoms with van der Waals surface area (Å²) in [5.41, 5.74) is 0.360. The molecule has 2 N–H and O–H groups in total. The highest BCUT2D eigenvalue weighted by atomic mass is 16.5. The minimum atomic E-state index is -1.08. The molecule has 0 aliphatic heterocycles. The zero-order valence-electron chi connectivity index (χ0n) is 11.5. The largest absolute Gasteiger partial charge is 0.491 e. The summed E-state index contributed by atoms with van der Waals surface area (Å²) in [5.74, 6) is -0.992. The molecule has 1 heterocycles. The van der Waals surface area contributed by atoms with Crippen molar-refractivity contribution in [2.45, 2.75) is 13.3 Å². The van der Waals surface area contributed by atoms with Crippen LogP contribution in [-0.2, 0) is 0 Å². The molecule has 0 unspecified atom stereocenters. The molecule has 0 atom stereocenters. The SMILES string of the molecule is CCCOc1ccc(C(=O)O)cc1NC(=O)c1ccco1. The summed E-state index contributed by atoms with van der Waals surface area (Å²) in [6.07, 6.45) is 2.18. The van der Waals surface area contributed by atoms with Crippen LogP contribution < -0.4 is 10.1 Å². The molecule has 0 spiro atoms. The minimum Gasteiger partial charge on any atom is -0.491 e. The van der Waals surface area contributed by atoms with Gasteiger partial charge in [0.1, 0.15) is 5.75 Å². The van der Waals surface area contributed by atoms with E-state index in [0.717, 1.165) is 6.42 Å². The van der Waals surface area contributed by atoms with Gasteiger partial charge in [0.2, 0.25) is 0 Å². The number of hydrogen-bond donors (Lipinski definition) is 2. The molecule has 0 fully saturated rings. The highest BCUT2D eigenvalue weighted by molar-refractivity contribution is 6.03. The molecule has 0 aliphatic rings. The second kappa shape index (κ2) is 6.60. The minimum absolute atomic E-state index is 0.0635. The molecule has 0 saturated heterocycles. The van der Waals surface area contributed by atoms with Crippen LogP contribution in [0.15, 0.2) is 41.0 Å². The van der Waals surface area contributed by atoms with Crippen LogP contribution in [-0.4, -0.2) is 23.6 Å². The fourth-order valence-electron chi connectivity index (χ4n) is 1.69. The summed E-state index contributed by atoms with van der Waals surface area (Å²) < 4.78 is 10.5. The Morgan fingerprint density at radius 3 is 2.76 bits per heavy atom. The van der Waals surface area contributed by atoms with Crippen molar-refractivity contribution in [1.29, 1.82) is 0 Å². The number of hydrogen-bond acceptors (Lipinski definition) is 4. The Labute approximate surface area is 121 Å². The van der Waals surface area contributed by atoms with Crippen molar-refractivity contribution in [2.24, 2.45) is 0 Å². The maximum absolute atomic E-state index is 12.0. The lowest BCUT2D eigenvalue weighted by Gasteiger charge is -2.12. The van der Waals surface area contributed by atoms with Gasteiger partial charge in [0.15, 0.2) is 5.76 Å². The van der Waals surface area contributed by atoms with Crippen LogP contribution in [0.5, 0.6) is 5.75 Å². The van der Waals surface area contributed by atoms with Crippen LogP contribution in [0.2, 0.25) is 0 Å². The van der Waals surface area contributed by atoms with Gasteiger partial charge in [0.05, 0.1) is 24.1 Å². The Morgan fingerprint density at radius 2 is 2.14 bits per heavy atom. The first-order valence-corrected chi connectivity index (χ1v) is 6.46. The standard InChI is InChI=1S/C15H15NO5/c1-2-7-20-12-6-5-10(15(18)19)9-11(12)16-14(17)13-4-3-8-21-13/h3-6,8-9H,2,7H2,1H3,(H,16,17)(H,18,19). The Bertz CT molecular complexity index is 634. The summed E-state index contributed by atoms with van der Waals surface area (Å²) >= 11 is 0. The Hall–Kier alpha value is -2.76. The second-order valence-electron chi connectivity index (χ2n) is 4.30. The molecule has 0 radical (unpaired) electrons. The number of amides is 1. The first kappa shape index (κ1) is 14.6.